The van der Waals surface area contributed by atoms with Gasteiger partial charge in [-0.15, -0.1) is 11.3 Å². The Hall–Kier alpha value is -4.24. The van der Waals surface area contributed by atoms with Crippen LogP contribution in [0.4, 0.5) is 23.7 Å². The van der Waals surface area contributed by atoms with E-state index >= 15 is 4.39 Å². The number of nitrogens with zero attached hydrogens (tertiary/aromatic N) is 3. The van der Waals surface area contributed by atoms with E-state index in [-0.39, 0.29) is 56.6 Å². The Labute approximate surface area is 317 Å². The molecule has 0 unspecified atom stereocenters. The van der Waals surface area contributed by atoms with Crippen LogP contribution in [0.5, 0.6) is 11.5 Å². The van der Waals surface area contributed by atoms with Crippen molar-refractivity contribution in [3.8, 4) is 11.5 Å². The molecule has 3 aliphatic rings. The number of halogens is 5. The summed E-state index contributed by atoms with van der Waals surface area (Å²) in [6.07, 6.45) is 2.38. The monoisotopic (exact) mass is 793 g/mol. The van der Waals surface area contributed by atoms with Gasteiger partial charge in [0.1, 0.15) is 22.0 Å². The Kier molecular flexibility index (Phi) is 11.9. The van der Waals surface area contributed by atoms with E-state index in [1.54, 1.807) is 25.3 Å². The van der Waals surface area contributed by atoms with E-state index in [1.807, 2.05) is 0 Å². The maximum atomic E-state index is 15.5. The standard InChI is InChI=1S/C37H36Cl2F3N3O7S/c1-20(2)50-31-13-22(7-8-30(31)51-36(41)42)24(14-25-26(38)16-44(49)17-27(25)39)33-23(19-53-34(33)35(46)47)15-45(29-6-4-3-5-28(29)40)37(48)52-32-18-43-11-9-21(32)10-12-43/h3-8,13,16-17,19-21,24,32,36H,9-12,14-15,18H2,1-2H3,(H-,46,47,49)/t24-,32-/m0/s1. The molecule has 0 aliphatic carbocycles. The molecule has 282 valence electrons. The van der Waals surface area contributed by atoms with Gasteiger partial charge in [0.15, 0.2) is 11.5 Å². The van der Waals surface area contributed by atoms with Gasteiger partial charge >= 0.3 is 12.7 Å². The number of hydrogen-bond donors (Lipinski definition) is 1. The highest BCUT2D eigenvalue weighted by Crippen LogP contribution is 2.43. The number of rotatable bonds is 13. The molecule has 0 radical (unpaired) electrons. The molecular formula is C37H36Cl2F3N3O7S. The van der Waals surface area contributed by atoms with Gasteiger partial charge in [-0.2, -0.15) is 8.78 Å². The van der Waals surface area contributed by atoms with Crippen molar-refractivity contribution >= 4 is 52.3 Å². The second-order valence-corrected chi connectivity index (χ2v) is 14.9. The van der Waals surface area contributed by atoms with Gasteiger partial charge in [0.25, 0.3) is 0 Å². The number of carbonyl (C=O) groups is 2. The molecule has 7 rings (SSSR count). The average molecular weight is 795 g/mol. The van der Waals surface area contributed by atoms with Gasteiger partial charge < -0.3 is 24.1 Å². The van der Waals surface area contributed by atoms with Gasteiger partial charge in [0.2, 0.25) is 12.4 Å². The van der Waals surface area contributed by atoms with Gasteiger partial charge in [-0.25, -0.2) is 9.18 Å². The zero-order valence-electron chi connectivity index (χ0n) is 28.6. The summed E-state index contributed by atoms with van der Waals surface area (Å²) in [6.45, 7) is 2.30. The Balaban J connectivity index is 1.48. The summed E-state index contributed by atoms with van der Waals surface area (Å²) in [6, 6.07) is 9.91. The van der Waals surface area contributed by atoms with Crippen molar-refractivity contribution in [2.45, 2.75) is 64.4 Å². The summed E-state index contributed by atoms with van der Waals surface area (Å²) < 4.78 is 59.6. The first-order valence-electron chi connectivity index (χ1n) is 16.9. The van der Waals surface area contributed by atoms with Gasteiger partial charge in [0.05, 0.1) is 29.2 Å². The van der Waals surface area contributed by atoms with Gasteiger partial charge in [-0.05, 0) is 98.5 Å². The molecule has 2 aromatic heterocycles. The number of benzene rings is 2. The maximum Gasteiger partial charge on any atom is 0.415 e. The third-order valence-corrected chi connectivity index (χ3v) is 11.1. The van der Waals surface area contributed by atoms with Crippen molar-refractivity contribution in [1.82, 2.24) is 4.90 Å². The van der Waals surface area contributed by atoms with Crippen LogP contribution < -0.4 is 24.2 Å². The Morgan fingerprint density at radius 2 is 1.77 bits per heavy atom. The minimum atomic E-state index is -3.16. The molecule has 16 heteroatoms. The molecule has 4 aromatic rings. The smallest absolute Gasteiger partial charge is 0.415 e. The molecule has 0 saturated carbocycles. The molecule has 1 amide bonds. The number of carboxylic acid groups (broad SMARTS) is 1. The molecular weight excluding hydrogens is 758 g/mol. The normalized spacial score (nSPS) is 18.6. The average Bonchev–Trinajstić information content (AvgIpc) is 3.52. The number of amides is 1. The molecule has 1 N–H and O–H groups in total. The lowest BCUT2D eigenvalue weighted by Crippen LogP contribution is -2.53. The van der Waals surface area contributed by atoms with Crippen molar-refractivity contribution < 1.29 is 52.0 Å². The second-order valence-electron chi connectivity index (χ2n) is 13.2. The summed E-state index contributed by atoms with van der Waals surface area (Å²) in [5.74, 6) is -3.30. The first-order chi connectivity index (χ1) is 25.3. The zero-order chi connectivity index (χ0) is 38.0. The quantitative estimate of drug-likeness (QED) is 0.113. The SMILES string of the molecule is CC(C)Oc1cc([C@H](Cc2c(Cl)c[n+](O)cc2Cl)c2c(CN(C(=O)O[C@H]3CN4CCC3CC4)c3ccccc3F)csc2C(=O)[O-])ccc1OC(F)F. The summed E-state index contributed by atoms with van der Waals surface area (Å²) in [5.41, 5.74) is 1.11. The zero-order valence-corrected chi connectivity index (χ0v) is 31.0. The van der Waals surface area contributed by atoms with Crippen molar-refractivity contribution in [1.29, 1.82) is 0 Å². The number of ether oxygens (including phenoxy) is 3. The fourth-order valence-corrected chi connectivity index (χ4v) is 8.56. The number of para-hydroxylation sites is 1. The predicted octanol–water partition coefficient (Wildman–Crippen LogP) is 7.08. The number of pyridine rings is 1. The predicted molar refractivity (Wildman–Crippen MR) is 189 cm³/mol. The summed E-state index contributed by atoms with van der Waals surface area (Å²) in [5, 5.41) is 24.5. The highest BCUT2D eigenvalue weighted by atomic mass is 35.5. The van der Waals surface area contributed by atoms with Crippen LogP contribution >= 0.6 is 34.5 Å². The first kappa shape index (κ1) is 38.5. The molecule has 5 heterocycles. The number of aromatic nitrogens is 1. The number of anilines is 1. The number of thiophene rings is 1. The van der Waals surface area contributed by atoms with Crippen LogP contribution in [0.3, 0.4) is 0 Å². The Bertz CT molecular complexity index is 1950. The highest BCUT2D eigenvalue weighted by Gasteiger charge is 2.38. The largest absolute Gasteiger partial charge is 0.544 e. The van der Waals surface area contributed by atoms with E-state index in [0.29, 0.717) is 28.0 Å². The van der Waals surface area contributed by atoms with Crippen LogP contribution in [0.15, 0.2) is 60.2 Å². The fourth-order valence-electron chi connectivity index (χ4n) is 7.00. The van der Waals surface area contributed by atoms with Crippen LogP contribution in [-0.4, -0.2) is 60.6 Å². The number of fused-ring (bicyclic) bond motifs is 3. The van der Waals surface area contributed by atoms with E-state index in [1.165, 1.54) is 48.8 Å². The third kappa shape index (κ3) is 8.77. The summed E-state index contributed by atoms with van der Waals surface area (Å²) in [7, 11) is 0. The summed E-state index contributed by atoms with van der Waals surface area (Å²) >= 11 is 14.0. The lowest BCUT2D eigenvalue weighted by atomic mass is 9.83. The van der Waals surface area contributed by atoms with Crippen LogP contribution in [0.2, 0.25) is 10.0 Å². The van der Waals surface area contributed by atoms with Crippen molar-refractivity contribution in [3.63, 3.8) is 0 Å². The molecule has 0 spiro atoms. The van der Waals surface area contributed by atoms with Crippen LogP contribution in [0.25, 0.3) is 0 Å². The van der Waals surface area contributed by atoms with E-state index in [4.69, 9.17) is 37.4 Å². The third-order valence-electron chi connectivity index (χ3n) is 9.41. The first-order valence-corrected chi connectivity index (χ1v) is 18.5. The molecule has 3 saturated heterocycles. The van der Waals surface area contributed by atoms with Crippen molar-refractivity contribution in [2.24, 2.45) is 5.92 Å². The minimum Gasteiger partial charge on any atom is -0.544 e. The Morgan fingerprint density at radius 1 is 1.08 bits per heavy atom. The topological polar surface area (TPSA) is 115 Å². The molecule has 3 fully saturated rings. The van der Waals surface area contributed by atoms with Gasteiger partial charge in [-0.1, -0.05) is 41.4 Å². The fraction of sp³-hybridized carbons (Fsp3) is 0.378. The molecule has 3 aliphatic heterocycles. The minimum absolute atomic E-state index is 0.0397. The lowest BCUT2D eigenvalue weighted by Gasteiger charge is -2.44. The molecule has 2 bridgehead atoms. The number of carboxylic acids is 1. The number of aromatic carboxylic acids is 1. The molecule has 2 atom stereocenters. The molecule has 10 nitrogen and oxygen atoms in total. The van der Waals surface area contributed by atoms with Gasteiger partial charge in [0, 0.05) is 22.8 Å². The molecule has 2 aromatic carbocycles. The highest BCUT2D eigenvalue weighted by molar-refractivity contribution is 7.12. The van der Waals surface area contributed by atoms with E-state index in [9.17, 15) is 28.7 Å². The number of alkyl halides is 2. The van der Waals surface area contributed by atoms with E-state index in [2.05, 4.69) is 4.90 Å². The van der Waals surface area contributed by atoms with Gasteiger partial charge in [-0.3, -0.25) is 15.0 Å². The van der Waals surface area contributed by atoms with Crippen molar-refractivity contribution in [2.75, 3.05) is 24.5 Å². The molecule has 53 heavy (non-hydrogen) atoms. The summed E-state index contributed by atoms with van der Waals surface area (Å²) in [4.78, 5) is 30.0. The van der Waals surface area contributed by atoms with Crippen molar-refractivity contribution in [3.05, 3.63) is 103 Å². The van der Waals surface area contributed by atoms with E-state index in [0.717, 1.165) is 42.2 Å². The van der Waals surface area contributed by atoms with Crippen LogP contribution in [0, 0.1) is 11.7 Å². The second kappa shape index (κ2) is 16.4. The Morgan fingerprint density at radius 3 is 2.38 bits per heavy atom. The van der Waals surface area contributed by atoms with Crippen LogP contribution in [-0.2, 0) is 17.7 Å². The lowest BCUT2D eigenvalue weighted by molar-refractivity contribution is -0.904. The number of hydrogen-bond acceptors (Lipinski definition) is 9. The van der Waals surface area contributed by atoms with Crippen LogP contribution in [0.1, 0.15) is 64.5 Å². The maximum absolute atomic E-state index is 15.5. The van der Waals surface area contributed by atoms with E-state index < -0.39 is 42.6 Å². The number of carbonyl (C=O) groups excluding carboxylic acids is 2. The number of piperidine rings is 3.